The highest BCUT2D eigenvalue weighted by Crippen LogP contribution is 2.22. The molecule has 0 atom stereocenters. The molecule has 1 aliphatic rings. The Morgan fingerprint density at radius 1 is 1.11 bits per heavy atom. The van der Waals surface area contributed by atoms with E-state index in [1.807, 2.05) is 40.2 Å². The molecule has 7 nitrogen and oxygen atoms in total. The predicted octanol–water partition coefficient (Wildman–Crippen LogP) is 1.86. The van der Waals surface area contributed by atoms with E-state index in [9.17, 15) is 4.79 Å². The number of amides is 1. The van der Waals surface area contributed by atoms with E-state index in [1.165, 1.54) is 0 Å². The van der Waals surface area contributed by atoms with Gasteiger partial charge in [0.15, 0.2) is 0 Å². The third-order valence-electron chi connectivity index (χ3n) is 4.79. The van der Waals surface area contributed by atoms with Crippen molar-refractivity contribution >= 4 is 17.5 Å². The van der Waals surface area contributed by atoms with Crippen LogP contribution in [0.4, 0.5) is 11.6 Å². The first-order chi connectivity index (χ1) is 13.4. The molecule has 1 aromatic carbocycles. The monoisotopic (exact) mass is 382 g/mol. The minimum absolute atomic E-state index is 0.0860. The number of benzene rings is 1. The van der Waals surface area contributed by atoms with Gasteiger partial charge < -0.3 is 15.1 Å². The maximum atomic E-state index is 11.9. The molecule has 1 aromatic heterocycles. The molecule has 1 saturated heterocycles. The lowest BCUT2D eigenvalue weighted by molar-refractivity contribution is -0.122. The quantitative estimate of drug-likeness (QED) is 0.823. The number of carbonyl (C=O) groups is 1. The lowest BCUT2D eigenvalue weighted by atomic mass is 10.1. The molecule has 28 heavy (non-hydrogen) atoms. The number of nitrogens with zero attached hydrogens (tertiary/aromatic N) is 5. The molecule has 0 saturated carbocycles. The summed E-state index contributed by atoms with van der Waals surface area (Å²) in [6.07, 6.45) is 1.82. The highest BCUT2D eigenvalue weighted by Gasteiger charge is 2.21. The molecule has 150 valence electrons. The van der Waals surface area contributed by atoms with E-state index in [4.69, 9.17) is 4.98 Å². The van der Waals surface area contributed by atoms with Crippen LogP contribution in [0.1, 0.15) is 13.8 Å². The number of nitrogens with one attached hydrogen (secondary N) is 1. The lowest BCUT2D eigenvalue weighted by Gasteiger charge is -2.34. The molecule has 0 spiro atoms. The van der Waals surface area contributed by atoms with Crippen molar-refractivity contribution in [2.24, 2.45) is 0 Å². The van der Waals surface area contributed by atoms with Gasteiger partial charge in [-0.15, -0.1) is 0 Å². The van der Waals surface area contributed by atoms with Gasteiger partial charge in [-0.05, 0) is 32.0 Å². The summed E-state index contributed by atoms with van der Waals surface area (Å²) < 4.78 is 0. The number of anilines is 2. The smallest absolute Gasteiger partial charge is 0.234 e. The average Bonchev–Trinajstić information content (AvgIpc) is 2.68. The zero-order chi connectivity index (χ0) is 20.1. The van der Waals surface area contributed by atoms with Crippen molar-refractivity contribution in [1.29, 1.82) is 0 Å². The summed E-state index contributed by atoms with van der Waals surface area (Å²) in [6, 6.07) is 10.5. The van der Waals surface area contributed by atoms with E-state index in [-0.39, 0.29) is 11.9 Å². The van der Waals surface area contributed by atoms with E-state index in [1.54, 1.807) is 0 Å². The normalized spacial score (nSPS) is 15.0. The highest BCUT2D eigenvalue weighted by atomic mass is 16.2. The fraction of sp³-hybridized carbons (Fsp3) is 0.476. The Bertz CT molecular complexity index is 782. The van der Waals surface area contributed by atoms with Crippen LogP contribution in [0.25, 0.3) is 11.3 Å². The molecule has 1 amide bonds. The Kier molecular flexibility index (Phi) is 6.46. The predicted molar refractivity (Wildman–Crippen MR) is 114 cm³/mol. The SMILES string of the molecule is CC(C)NC(=O)CN1CCN(c2nccc(-c3ccc(N(C)C)cc3)n2)CC1. The molecular formula is C21H30N6O. The second-order valence-corrected chi connectivity index (χ2v) is 7.67. The van der Waals surface area contributed by atoms with Crippen LogP contribution in [0.2, 0.25) is 0 Å². The first kappa shape index (κ1) is 20.1. The molecule has 2 heterocycles. The number of aromatic nitrogens is 2. The third kappa shape index (κ3) is 5.19. The molecule has 1 aliphatic heterocycles. The fourth-order valence-corrected chi connectivity index (χ4v) is 3.27. The van der Waals surface area contributed by atoms with Crippen LogP contribution in [0.3, 0.4) is 0 Å². The van der Waals surface area contributed by atoms with Crippen LogP contribution in [-0.2, 0) is 4.79 Å². The van der Waals surface area contributed by atoms with Crippen LogP contribution in [-0.4, -0.2) is 73.6 Å². The first-order valence-electron chi connectivity index (χ1n) is 9.80. The number of piperazine rings is 1. The maximum absolute atomic E-state index is 11.9. The number of hydrogen-bond acceptors (Lipinski definition) is 6. The molecule has 3 rings (SSSR count). The van der Waals surface area contributed by atoms with Crippen LogP contribution < -0.4 is 15.1 Å². The zero-order valence-electron chi connectivity index (χ0n) is 17.2. The van der Waals surface area contributed by atoms with E-state index in [2.05, 4.69) is 49.3 Å². The Hall–Kier alpha value is -2.67. The van der Waals surface area contributed by atoms with Crippen molar-refractivity contribution in [1.82, 2.24) is 20.2 Å². The Balaban J connectivity index is 1.61. The van der Waals surface area contributed by atoms with Gasteiger partial charge in [-0.1, -0.05) is 12.1 Å². The van der Waals surface area contributed by atoms with E-state index >= 15 is 0 Å². The van der Waals surface area contributed by atoms with Gasteiger partial charge in [-0.2, -0.15) is 0 Å². The average molecular weight is 383 g/mol. The molecule has 7 heteroatoms. The van der Waals surface area contributed by atoms with Crippen LogP contribution in [0.5, 0.6) is 0 Å². The molecule has 2 aromatic rings. The van der Waals surface area contributed by atoms with Gasteiger partial charge in [0, 0.05) is 63.8 Å². The number of rotatable bonds is 6. The molecular weight excluding hydrogens is 352 g/mol. The minimum Gasteiger partial charge on any atom is -0.378 e. The topological polar surface area (TPSA) is 64.6 Å². The molecule has 1 fully saturated rings. The van der Waals surface area contributed by atoms with Crippen molar-refractivity contribution in [2.75, 3.05) is 56.6 Å². The summed E-state index contributed by atoms with van der Waals surface area (Å²) in [4.78, 5) is 27.6. The Labute approximate surface area is 167 Å². The third-order valence-corrected chi connectivity index (χ3v) is 4.79. The van der Waals surface area contributed by atoms with Crippen molar-refractivity contribution in [3.63, 3.8) is 0 Å². The second kappa shape index (κ2) is 9.01. The molecule has 0 unspecified atom stereocenters. The highest BCUT2D eigenvalue weighted by molar-refractivity contribution is 5.78. The summed E-state index contributed by atoms with van der Waals surface area (Å²) >= 11 is 0. The minimum atomic E-state index is 0.0860. The first-order valence-corrected chi connectivity index (χ1v) is 9.80. The van der Waals surface area contributed by atoms with E-state index in [0.717, 1.165) is 49.1 Å². The van der Waals surface area contributed by atoms with Gasteiger partial charge in [0.05, 0.1) is 12.2 Å². The van der Waals surface area contributed by atoms with Crippen molar-refractivity contribution in [2.45, 2.75) is 19.9 Å². The fourth-order valence-electron chi connectivity index (χ4n) is 3.27. The molecule has 1 N–H and O–H groups in total. The van der Waals surface area contributed by atoms with Gasteiger partial charge in [-0.3, -0.25) is 9.69 Å². The van der Waals surface area contributed by atoms with Crippen LogP contribution >= 0.6 is 0 Å². The Morgan fingerprint density at radius 3 is 2.39 bits per heavy atom. The van der Waals surface area contributed by atoms with E-state index in [0.29, 0.717) is 6.54 Å². The van der Waals surface area contributed by atoms with Crippen LogP contribution in [0.15, 0.2) is 36.5 Å². The summed E-state index contributed by atoms with van der Waals surface area (Å²) in [5, 5.41) is 2.95. The van der Waals surface area contributed by atoms with Gasteiger partial charge in [0.2, 0.25) is 11.9 Å². The summed E-state index contributed by atoms with van der Waals surface area (Å²) in [5.74, 6) is 0.836. The van der Waals surface area contributed by atoms with Gasteiger partial charge >= 0.3 is 0 Å². The number of hydrogen-bond donors (Lipinski definition) is 1. The molecule has 0 aliphatic carbocycles. The maximum Gasteiger partial charge on any atom is 0.234 e. The summed E-state index contributed by atoms with van der Waals surface area (Å²) in [5.41, 5.74) is 3.17. The van der Waals surface area contributed by atoms with Crippen molar-refractivity contribution < 1.29 is 4.79 Å². The standard InChI is InChI=1S/C21H30N6O/c1-16(2)23-20(28)15-26-11-13-27(14-12-26)21-22-10-9-19(24-21)17-5-7-18(8-6-17)25(3)4/h5-10,16H,11-15H2,1-4H3,(H,23,28). The summed E-state index contributed by atoms with van der Waals surface area (Å²) in [7, 11) is 4.06. The van der Waals surface area contributed by atoms with Gasteiger partial charge in [-0.25, -0.2) is 9.97 Å². The zero-order valence-corrected chi connectivity index (χ0v) is 17.2. The lowest BCUT2D eigenvalue weighted by Crippen LogP contribution is -2.50. The van der Waals surface area contributed by atoms with Gasteiger partial charge in [0.25, 0.3) is 0 Å². The molecule has 0 radical (unpaired) electrons. The Morgan fingerprint density at radius 2 is 1.79 bits per heavy atom. The number of carbonyl (C=O) groups excluding carboxylic acids is 1. The largest absolute Gasteiger partial charge is 0.378 e. The second-order valence-electron chi connectivity index (χ2n) is 7.67. The summed E-state index contributed by atoms with van der Waals surface area (Å²) in [6.45, 7) is 7.71. The van der Waals surface area contributed by atoms with Crippen LogP contribution in [0, 0.1) is 0 Å². The van der Waals surface area contributed by atoms with Crippen molar-refractivity contribution in [3.05, 3.63) is 36.5 Å². The van der Waals surface area contributed by atoms with E-state index < -0.39 is 0 Å². The van der Waals surface area contributed by atoms with Gasteiger partial charge in [0.1, 0.15) is 0 Å². The van der Waals surface area contributed by atoms with Crippen molar-refractivity contribution in [3.8, 4) is 11.3 Å². The molecule has 0 bridgehead atoms.